The summed E-state index contributed by atoms with van der Waals surface area (Å²) < 4.78 is 5.28. The van der Waals surface area contributed by atoms with E-state index in [9.17, 15) is 4.79 Å². The monoisotopic (exact) mass is 349 g/mol. The second-order valence-electron chi connectivity index (χ2n) is 5.98. The molecule has 0 aromatic heterocycles. The number of benzene rings is 1. The molecule has 1 fully saturated rings. The van der Waals surface area contributed by atoms with Gasteiger partial charge in [0, 0.05) is 23.3 Å². The molecule has 2 aliphatic rings. The van der Waals surface area contributed by atoms with Crippen molar-refractivity contribution in [2.75, 3.05) is 13.7 Å². The Balaban J connectivity index is 1.82. The van der Waals surface area contributed by atoms with Crippen LogP contribution in [0.1, 0.15) is 36.5 Å². The maximum atomic E-state index is 12.7. The number of halogens is 1. The lowest BCUT2D eigenvalue weighted by molar-refractivity contribution is 0.104. The minimum absolute atomic E-state index is 0.0754. The highest BCUT2D eigenvalue weighted by molar-refractivity contribution is 8.06. The van der Waals surface area contributed by atoms with Crippen molar-refractivity contribution < 1.29 is 9.53 Å². The van der Waals surface area contributed by atoms with Crippen molar-refractivity contribution in [3.8, 4) is 5.75 Å². The van der Waals surface area contributed by atoms with Gasteiger partial charge in [0.15, 0.2) is 5.78 Å². The molecule has 1 aliphatic heterocycles. The van der Waals surface area contributed by atoms with Crippen LogP contribution in [0.3, 0.4) is 0 Å². The maximum absolute atomic E-state index is 12.7. The van der Waals surface area contributed by atoms with Gasteiger partial charge in [0.05, 0.1) is 17.7 Å². The van der Waals surface area contributed by atoms with Crippen LogP contribution in [0, 0.1) is 5.92 Å². The highest BCUT2D eigenvalue weighted by Crippen LogP contribution is 2.38. The van der Waals surface area contributed by atoms with Gasteiger partial charge in [0.25, 0.3) is 0 Å². The molecule has 122 valence electrons. The number of methoxy groups -OCH3 is 1. The quantitative estimate of drug-likeness (QED) is 0.547. The first-order valence-corrected chi connectivity index (χ1v) is 9.05. The van der Waals surface area contributed by atoms with E-state index < -0.39 is 0 Å². The lowest BCUT2D eigenvalue weighted by Gasteiger charge is -2.32. The first-order chi connectivity index (χ1) is 11.1. The molecule has 1 aliphatic carbocycles. The minimum atomic E-state index is -0.0754. The molecule has 5 heteroatoms. The summed E-state index contributed by atoms with van der Waals surface area (Å²) in [6.45, 7) is 3.10. The van der Waals surface area contributed by atoms with E-state index in [1.54, 1.807) is 43.1 Å². The van der Waals surface area contributed by atoms with Crippen LogP contribution in [0.15, 0.2) is 40.4 Å². The van der Waals surface area contributed by atoms with Crippen molar-refractivity contribution in [2.45, 2.75) is 26.2 Å². The van der Waals surface area contributed by atoms with Crippen molar-refractivity contribution in [1.82, 2.24) is 4.90 Å². The van der Waals surface area contributed by atoms with Gasteiger partial charge in [-0.05, 0) is 49.3 Å². The summed E-state index contributed by atoms with van der Waals surface area (Å²) in [6.07, 6.45) is 5.60. The van der Waals surface area contributed by atoms with Crippen molar-refractivity contribution in [1.29, 1.82) is 0 Å². The summed E-state index contributed by atoms with van der Waals surface area (Å²) in [4.78, 5) is 14.9. The summed E-state index contributed by atoms with van der Waals surface area (Å²) in [5.74, 6) is 1.22. The number of allylic oxidation sites excluding steroid dienone is 2. The average molecular weight is 350 g/mol. The molecule has 1 aromatic carbocycles. The SMILES string of the molecule is COc1ccc(Cl)cc1C(=O)C=C1SC=C(C)N1CC1CCC1. The number of carbonyl (C=O) groups is 1. The van der Waals surface area contributed by atoms with Gasteiger partial charge in [-0.25, -0.2) is 0 Å². The topological polar surface area (TPSA) is 29.5 Å². The first-order valence-electron chi connectivity index (χ1n) is 7.79. The standard InChI is InChI=1S/C18H20ClNO2S/c1-12-11-23-18(20(12)10-13-4-3-5-13)9-16(21)15-8-14(19)6-7-17(15)22-2/h6-9,11,13H,3-5,10H2,1-2H3. The normalized spacial score (nSPS) is 19.7. The van der Waals surface area contributed by atoms with Crippen molar-refractivity contribution in [3.05, 3.63) is 51.0 Å². The van der Waals surface area contributed by atoms with Gasteiger partial charge in [-0.15, -0.1) is 0 Å². The molecule has 0 unspecified atom stereocenters. The smallest absolute Gasteiger partial charge is 0.192 e. The second-order valence-corrected chi connectivity index (χ2v) is 7.30. The minimum Gasteiger partial charge on any atom is -0.496 e. The van der Waals surface area contributed by atoms with Crippen LogP contribution in [0.25, 0.3) is 0 Å². The van der Waals surface area contributed by atoms with Crippen molar-refractivity contribution >= 4 is 29.1 Å². The molecule has 1 saturated carbocycles. The number of nitrogens with zero attached hydrogens (tertiary/aromatic N) is 1. The number of hydrogen-bond donors (Lipinski definition) is 0. The van der Waals surface area contributed by atoms with Crippen LogP contribution in [0.2, 0.25) is 5.02 Å². The van der Waals surface area contributed by atoms with E-state index >= 15 is 0 Å². The van der Waals surface area contributed by atoms with E-state index in [-0.39, 0.29) is 5.78 Å². The summed E-state index contributed by atoms with van der Waals surface area (Å²) >= 11 is 7.63. The molecular formula is C18H20ClNO2S. The van der Waals surface area contributed by atoms with E-state index in [4.69, 9.17) is 16.3 Å². The van der Waals surface area contributed by atoms with E-state index in [2.05, 4.69) is 17.2 Å². The van der Waals surface area contributed by atoms with Crippen molar-refractivity contribution in [2.24, 2.45) is 5.92 Å². The third-order valence-corrected chi connectivity index (χ3v) is 5.66. The third kappa shape index (κ3) is 3.59. The number of ketones is 1. The molecule has 1 aromatic rings. The first kappa shape index (κ1) is 16.5. The zero-order valence-electron chi connectivity index (χ0n) is 13.3. The Morgan fingerprint density at radius 2 is 2.26 bits per heavy atom. The Hall–Kier alpha value is -1.39. The van der Waals surface area contributed by atoms with Gasteiger partial charge < -0.3 is 9.64 Å². The molecular weight excluding hydrogens is 330 g/mol. The largest absolute Gasteiger partial charge is 0.496 e. The number of hydrogen-bond acceptors (Lipinski definition) is 4. The second kappa shape index (κ2) is 7.02. The van der Waals surface area contributed by atoms with Crippen LogP contribution >= 0.6 is 23.4 Å². The molecule has 23 heavy (non-hydrogen) atoms. The predicted molar refractivity (Wildman–Crippen MR) is 95.8 cm³/mol. The molecule has 0 atom stereocenters. The van der Waals surface area contributed by atoms with Crippen molar-refractivity contribution in [3.63, 3.8) is 0 Å². The molecule has 0 bridgehead atoms. The highest BCUT2D eigenvalue weighted by Gasteiger charge is 2.26. The number of rotatable bonds is 5. The fourth-order valence-electron chi connectivity index (χ4n) is 2.79. The molecule has 1 heterocycles. The Labute approximate surface area is 146 Å². The summed E-state index contributed by atoms with van der Waals surface area (Å²) in [6, 6.07) is 5.12. The van der Waals surface area contributed by atoms with Crippen LogP contribution in [-0.2, 0) is 0 Å². The highest BCUT2D eigenvalue weighted by atomic mass is 35.5. The molecule has 0 amide bonds. The van der Waals surface area contributed by atoms with Gasteiger partial charge in [-0.3, -0.25) is 4.79 Å². The average Bonchev–Trinajstić information content (AvgIpc) is 2.83. The molecule has 0 radical (unpaired) electrons. The van der Waals surface area contributed by atoms with Crippen LogP contribution < -0.4 is 4.74 Å². The lowest BCUT2D eigenvalue weighted by Crippen LogP contribution is -2.28. The molecule has 3 rings (SSSR count). The Bertz CT molecular complexity index is 680. The zero-order chi connectivity index (χ0) is 16.4. The van der Waals surface area contributed by atoms with E-state index in [0.717, 1.165) is 17.5 Å². The Morgan fingerprint density at radius 3 is 2.91 bits per heavy atom. The summed E-state index contributed by atoms with van der Waals surface area (Å²) in [7, 11) is 1.56. The lowest BCUT2D eigenvalue weighted by atomic mass is 9.85. The number of ether oxygens (including phenoxy) is 1. The van der Waals surface area contributed by atoms with Crippen LogP contribution in [0.4, 0.5) is 0 Å². The molecule has 0 spiro atoms. The third-order valence-electron chi connectivity index (χ3n) is 4.39. The van der Waals surface area contributed by atoms with Crippen LogP contribution in [-0.4, -0.2) is 24.3 Å². The van der Waals surface area contributed by atoms with Crippen LogP contribution in [0.5, 0.6) is 5.75 Å². The maximum Gasteiger partial charge on any atom is 0.192 e. The van der Waals surface area contributed by atoms with E-state index in [0.29, 0.717) is 16.3 Å². The van der Waals surface area contributed by atoms with E-state index in [1.165, 1.54) is 25.0 Å². The Morgan fingerprint density at radius 1 is 1.48 bits per heavy atom. The van der Waals surface area contributed by atoms with Gasteiger partial charge in [0.1, 0.15) is 5.75 Å². The fourth-order valence-corrected chi connectivity index (χ4v) is 3.90. The summed E-state index contributed by atoms with van der Waals surface area (Å²) in [5, 5.41) is 3.63. The van der Waals surface area contributed by atoms with Gasteiger partial charge in [0.2, 0.25) is 0 Å². The summed E-state index contributed by atoms with van der Waals surface area (Å²) in [5.41, 5.74) is 1.71. The molecule has 3 nitrogen and oxygen atoms in total. The number of carbonyl (C=O) groups excluding carboxylic acids is 1. The molecule has 0 N–H and O–H groups in total. The van der Waals surface area contributed by atoms with Gasteiger partial charge in [-0.2, -0.15) is 0 Å². The van der Waals surface area contributed by atoms with Gasteiger partial charge >= 0.3 is 0 Å². The van der Waals surface area contributed by atoms with E-state index in [1.807, 2.05) is 0 Å². The predicted octanol–water partition coefficient (Wildman–Crippen LogP) is 5.08. The fraction of sp³-hybridized carbons (Fsp3) is 0.389. The molecule has 0 saturated heterocycles. The Kier molecular flexibility index (Phi) is 5.02. The van der Waals surface area contributed by atoms with Gasteiger partial charge in [-0.1, -0.05) is 29.8 Å². The zero-order valence-corrected chi connectivity index (χ0v) is 14.9. The number of thioether (sulfide) groups is 1.